The number of aromatic nitrogens is 3. The number of rotatable bonds is 8. The molecule has 170 valence electrons. The van der Waals surface area contributed by atoms with Crippen molar-refractivity contribution in [3.63, 3.8) is 0 Å². The lowest BCUT2D eigenvalue weighted by molar-refractivity contribution is -0.126. The maximum atomic E-state index is 13.3. The molecule has 1 saturated heterocycles. The zero-order valence-corrected chi connectivity index (χ0v) is 18.8. The van der Waals surface area contributed by atoms with E-state index in [0.717, 1.165) is 11.1 Å². The first-order chi connectivity index (χ1) is 15.5. The smallest absolute Gasteiger partial charge is 0.243 e. The summed E-state index contributed by atoms with van der Waals surface area (Å²) in [6.45, 7) is 2.01. The third-order valence-corrected chi connectivity index (χ3v) is 7.56. The summed E-state index contributed by atoms with van der Waals surface area (Å²) in [5.41, 5.74) is 2.27. The predicted octanol–water partition coefficient (Wildman–Crippen LogP) is 1.79. The molecule has 2 heterocycles. The number of ether oxygens (including phenoxy) is 1. The molecule has 2 aromatic carbocycles. The average molecular weight is 458 g/mol. The van der Waals surface area contributed by atoms with Crippen molar-refractivity contribution >= 4 is 27.0 Å². The summed E-state index contributed by atoms with van der Waals surface area (Å²) < 4.78 is 34.7. The van der Waals surface area contributed by atoms with Gasteiger partial charge in [-0.2, -0.15) is 4.31 Å². The molecule has 1 amide bonds. The van der Waals surface area contributed by atoms with Crippen molar-refractivity contribution in [2.45, 2.75) is 30.8 Å². The number of sulfonamides is 1. The van der Waals surface area contributed by atoms with Crippen LogP contribution in [-0.4, -0.2) is 60.4 Å². The number of piperidine rings is 1. The van der Waals surface area contributed by atoms with Gasteiger partial charge in [-0.3, -0.25) is 4.79 Å². The van der Waals surface area contributed by atoms with Crippen LogP contribution in [0.5, 0.6) is 0 Å². The maximum absolute atomic E-state index is 13.3. The van der Waals surface area contributed by atoms with Gasteiger partial charge in [0.25, 0.3) is 0 Å². The van der Waals surface area contributed by atoms with E-state index in [1.54, 1.807) is 30.0 Å². The summed E-state index contributed by atoms with van der Waals surface area (Å²) in [7, 11) is -2.13. The third-order valence-electron chi connectivity index (χ3n) is 5.69. The number of benzene rings is 2. The van der Waals surface area contributed by atoms with Crippen LogP contribution in [0.4, 0.5) is 0 Å². The van der Waals surface area contributed by atoms with Crippen molar-refractivity contribution in [1.82, 2.24) is 24.6 Å². The minimum atomic E-state index is -3.74. The first-order valence-corrected chi connectivity index (χ1v) is 12.1. The lowest BCUT2D eigenvalue weighted by atomic mass is 9.99. The highest BCUT2D eigenvalue weighted by molar-refractivity contribution is 7.89. The van der Waals surface area contributed by atoms with Gasteiger partial charge < -0.3 is 10.1 Å². The second-order valence-electron chi connectivity index (χ2n) is 7.86. The van der Waals surface area contributed by atoms with Crippen LogP contribution in [0.15, 0.2) is 53.4 Å². The summed E-state index contributed by atoms with van der Waals surface area (Å²) in [6, 6.07) is 14.5. The summed E-state index contributed by atoms with van der Waals surface area (Å²) in [5.74, 6) is -0.494. The highest BCUT2D eigenvalue weighted by Crippen LogP contribution is 2.26. The number of nitrogens with one attached hydrogen (secondary N) is 1. The van der Waals surface area contributed by atoms with Crippen molar-refractivity contribution in [3.8, 4) is 0 Å². The highest BCUT2D eigenvalue weighted by atomic mass is 32.2. The Bertz CT molecular complexity index is 1180. The summed E-state index contributed by atoms with van der Waals surface area (Å²) >= 11 is 0. The molecule has 1 fully saturated rings. The fourth-order valence-corrected chi connectivity index (χ4v) is 5.45. The summed E-state index contributed by atoms with van der Waals surface area (Å²) in [6.07, 6.45) is 1.30. The monoisotopic (exact) mass is 457 g/mol. The van der Waals surface area contributed by atoms with E-state index in [1.165, 1.54) is 4.31 Å². The van der Waals surface area contributed by atoms with Gasteiger partial charge in [0.1, 0.15) is 5.52 Å². The summed E-state index contributed by atoms with van der Waals surface area (Å²) in [4.78, 5) is 12.8. The van der Waals surface area contributed by atoms with Crippen LogP contribution in [-0.2, 0) is 32.6 Å². The third kappa shape index (κ3) is 4.82. The number of nitrogens with zero attached hydrogens (tertiary/aromatic N) is 4. The van der Waals surface area contributed by atoms with Crippen LogP contribution >= 0.6 is 0 Å². The van der Waals surface area contributed by atoms with Gasteiger partial charge in [0.15, 0.2) is 0 Å². The molecule has 4 rings (SSSR count). The summed E-state index contributed by atoms with van der Waals surface area (Å²) in [5, 5.41) is 11.1. The largest absolute Gasteiger partial charge is 0.383 e. The molecule has 32 heavy (non-hydrogen) atoms. The molecule has 0 spiro atoms. The quantitative estimate of drug-likeness (QED) is 0.553. The Morgan fingerprint density at radius 1 is 1.22 bits per heavy atom. The van der Waals surface area contributed by atoms with Gasteiger partial charge in [-0.15, -0.1) is 5.10 Å². The van der Waals surface area contributed by atoms with E-state index in [1.807, 2.05) is 30.3 Å². The zero-order valence-electron chi connectivity index (χ0n) is 18.0. The number of carbonyl (C=O) groups is 1. The van der Waals surface area contributed by atoms with Crippen molar-refractivity contribution < 1.29 is 17.9 Å². The molecule has 0 unspecified atom stereocenters. The second kappa shape index (κ2) is 9.76. The number of fused-ring (bicyclic) bond motifs is 1. The Balaban J connectivity index is 1.45. The molecular weight excluding hydrogens is 430 g/mol. The Morgan fingerprint density at radius 2 is 2.03 bits per heavy atom. The number of hydrogen-bond acceptors (Lipinski definition) is 6. The van der Waals surface area contributed by atoms with Crippen LogP contribution in [0.1, 0.15) is 18.4 Å². The normalized spacial score (nSPS) is 17.5. The van der Waals surface area contributed by atoms with Crippen LogP contribution in [0, 0.1) is 5.92 Å². The van der Waals surface area contributed by atoms with E-state index >= 15 is 0 Å². The van der Waals surface area contributed by atoms with Gasteiger partial charge in [0, 0.05) is 26.7 Å². The number of hydrogen-bond donors (Lipinski definition) is 1. The molecule has 1 aromatic heterocycles. The van der Waals surface area contributed by atoms with Crippen molar-refractivity contribution in [2.75, 3.05) is 26.8 Å². The standard InChI is InChI=1S/C22H27N5O4S/c1-31-13-12-27-21-10-9-19(14-20(21)24-25-27)32(29,30)26-11-5-8-18(16-26)22(28)23-15-17-6-3-2-4-7-17/h2-4,6-7,9-10,14,18H,5,8,11-13,15-16H2,1H3,(H,23,28)/t18-/m1/s1. The van der Waals surface area contributed by atoms with E-state index in [9.17, 15) is 13.2 Å². The molecule has 9 nitrogen and oxygen atoms in total. The van der Waals surface area contributed by atoms with Crippen molar-refractivity contribution in [2.24, 2.45) is 5.92 Å². The van der Waals surface area contributed by atoms with E-state index in [0.29, 0.717) is 44.6 Å². The van der Waals surface area contributed by atoms with Crippen molar-refractivity contribution in [3.05, 3.63) is 54.1 Å². The van der Waals surface area contributed by atoms with E-state index in [-0.39, 0.29) is 23.3 Å². The molecule has 0 saturated carbocycles. The Kier molecular flexibility index (Phi) is 6.83. The number of amides is 1. The van der Waals surface area contributed by atoms with Crippen LogP contribution in [0.25, 0.3) is 11.0 Å². The minimum absolute atomic E-state index is 0.120. The molecule has 3 aromatic rings. The predicted molar refractivity (Wildman–Crippen MR) is 119 cm³/mol. The molecule has 1 N–H and O–H groups in total. The molecule has 0 aliphatic carbocycles. The first-order valence-electron chi connectivity index (χ1n) is 10.6. The average Bonchev–Trinajstić information content (AvgIpc) is 3.24. The highest BCUT2D eigenvalue weighted by Gasteiger charge is 2.33. The van der Waals surface area contributed by atoms with E-state index in [4.69, 9.17) is 4.74 Å². The maximum Gasteiger partial charge on any atom is 0.243 e. The minimum Gasteiger partial charge on any atom is -0.383 e. The Morgan fingerprint density at radius 3 is 2.81 bits per heavy atom. The lowest BCUT2D eigenvalue weighted by Gasteiger charge is -2.31. The molecule has 1 atom stereocenters. The van der Waals surface area contributed by atoms with Crippen LogP contribution in [0.2, 0.25) is 0 Å². The SMILES string of the molecule is COCCn1nnc2cc(S(=O)(=O)N3CCC[C@@H](C(=O)NCc4ccccc4)C3)ccc21. The zero-order chi connectivity index (χ0) is 22.6. The first kappa shape index (κ1) is 22.4. The molecule has 0 radical (unpaired) electrons. The van der Waals surface area contributed by atoms with Crippen LogP contribution in [0.3, 0.4) is 0 Å². The topological polar surface area (TPSA) is 106 Å². The fourth-order valence-electron chi connectivity index (χ4n) is 3.91. The van der Waals surface area contributed by atoms with Gasteiger partial charge >= 0.3 is 0 Å². The van der Waals surface area contributed by atoms with Gasteiger partial charge in [0.05, 0.1) is 29.5 Å². The van der Waals surface area contributed by atoms with Crippen molar-refractivity contribution in [1.29, 1.82) is 0 Å². The number of methoxy groups -OCH3 is 1. The van der Waals surface area contributed by atoms with E-state index < -0.39 is 10.0 Å². The second-order valence-corrected chi connectivity index (χ2v) is 9.80. The molecular formula is C22H27N5O4S. The molecule has 1 aliphatic heterocycles. The molecule has 1 aliphatic rings. The molecule has 10 heteroatoms. The lowest BCUT2D eigenvalue weighted by Crippen LogP contribution is -2.45. The van der Waals surface area contributed by atoms with Gasteiger partial charge in [-0.1, -0.05) is 35.5 Å². The Hall–Kier alpha value is -2.82. The van der Waals surface area contributed by atoms with Gasteiger partial charge in [0.2, 0.25) is 15.9 Å². The Labute approximate surface area is 187 Å². The van der Waals surface area contributed by atoms with Gasteiger partial charge in [-0.25, -0.2) is 13.1 Å². The fraction of sp³-hybridized carbons (Fsp3) is 0.409. The van der Waals surface area contributed by atoms with E-state index in [2.05, 4.69) is 15.6 Å². The van der Waals surface area contributed by atoms with Crippen LogP contribution < -0.4 is 5.32 Å². The van der Waals surface area contributed by atoms with Gasteiger partial charge in [-0.05, 0) is 36.6 Å². The number of carbonyl (C=O) groups excluding carboxylic acids is 1. The molecule has 0 bridgehead atoms.